The van der Waals surface area contributed by atoms with Crippen LogP contribution in [0.4, 0.5) is 5.82 Å². The minimum atomic E-state index is -3.49. The number of nitrogens with zero attached hydrogens (tertiary/aromatic N) is 3. The van der Waals surface area contributed by atoms with Gasteiger partial charge in [0.2, 0.25) is 10.0 Å². The van der Waals surface area contributed by atoms with Crippen molar-refractivity contribution < 1.29 is 13.2 Å². The number of sulfonamides is 1. The topological polar surface area (TPSA) is 74.8 Å². The summed E-state index contributed by atoms with van der Waals surface area (Å²) >= 11 is 0. The van der Waals surface area contributed by atoms with Crippen molar-refractivity contribution in [2.45, 2.75) is 23.8 Å². The normalized spacial score (nSPS) is 20.7. The number of rotatable bonds is 5. The molecule has 0 spiro atoms. The van der Waals surface area contributed by atoms with Crippen LogP contribution in [-0.2, 0) is 16.4 Å². The number of likely N-dealkylation sites (N-methyl/N-ethyl adjacent to an activating group) is 1. The summed E-state index contributed by atoms with van der Waals surface area (Å²) in [5.74, 6) is 1.60. The van der Waals surface area contributed by atoms with Gasteiger partial charge in [0, 0.05) is 32.4 Å². The van der Waals surface area contributed by atoms with Crippen LogP contribution >= 0.6 is 0 Å². The smallest absolute Gasteiger partial charge is 0.244 e. The Balaban J connectivity index is 1.48. The second kappa shape index (κ2) is 7.69. The number of fused-ring (bicyclic) bond motifs is 1. The van der Waals surface area contributed by atoms with Crippen LogP contribution in [0.2, 0.25) is 0 Å². The number of piperazine rings is 1. The van der Waals surface area contributed by atoms with Crippen LogP contribution in [0.25, 0.3) is 0 Å². The molecule has 0 bridgehead atoms. The number of anilines is 1. The van der Waals surface area contributed by atoms with E-state index in [0.29, 0.717) is 18.9 Å². The highest BCUT2D eigenvalue weighted by Gasteiger charge is 2.28. The lowest BCUT2D eigenvalue weighted by atomic mass is 10.1. The van der Waals surface area contributed by atoms with E-state index in [1.54, 1.807) is 19.2 Å². The first kappa shape index (κ1) is 19.2. The summed E-state index contributed by atoms with van der Waals surface area (Å²) in [4.78, 5) is 6.75. The van der Waals surface area contributed by atoms with Crippen molar-refractivity contribution >= 4 is 15.8 Å². The Kier molecular flexibility index (Phi) is 5.27. The van der Waals surface area contributed by atoms with Gasteiger partial charge in [0.1, 0.15) is 16.5 Å². The van der Waals surface area contributed by atoms with Crippen molar-refractivity contribution in [3.8, 4) is 5.75 Å². The van der Waals surface area contributed by atoms with Gasteiger partial charge >= 0.3 is 0 Å². The SMILES string of the molecule is COc1cccc2c1CCC2Nc1ccc(S(=O)(=O)N2CCN(C)CC2)cn1. The Labute approximate surface area is 166 Å². The molecule has 150 valence electrons. The van der Waals surface area contributed by atoms with Crippen LogP contribution in [0.15, 0.2) is 41.4 Å². The molecule has 0 radical (unpaired) electrons. The Bertz CT molecular complexity index is 938. The summed E-state index contributed by atoms with van der Waals surface area (Å²) in [5, 5.41) is 3.43. The third kappa shape index (κ3) is 3.59. The quantitative estimate of drug-likeness (QED) is 0.826. The van der Waals surface area contributed by atoms with Crippen molar-refractivity contribution in [3.63, 3.8) is 0 Å². The highest BCUT2D eigenvalue weighted by atomic mass is 32.2. The van der Waals surface area contributed by atoms with Crippen molar-refractivity contribution in [2.75, 3.05) is 45.7 Å². The first-order valence-electron chi connectivity index (χ1n) is 9.56. The molecule has 1 unspecified atom stereocenters. The van der Waals surface area contributed by atoms with Crippen molar-refractivity contribution in [3.05, 3.63) is 47.7 Å². The van der Waals surface area contributed by atoms with Gasteiger partial charge in [-0.1, -0.05) is 12.1 Å². The second-order valence-corrected chi connectivity index (χ2v) is 9.29. The van der Waals surface area contributed by atoms with E-state index < -0.39 is 10.0 Å². The van der Waals surface area contributed by atoms with E-state index in [1.165, 1.54) is 21.6 Å². The van der Waals surface area contributed by atoms with Crippen LogP contribution < -0.4 is 10.1 Å². The molecule has 1 fully saturated rings. The minimum absolute atomic E-state index is 0.151. The lowest BCUT2D eigenvalue weighted by molar-refractivity contribution is 0.222. The summed E-state index contributed by atoms with van der Waals surface area (Å²) in [6.45, 7) is 2.52. The zero-order valence-corrected chi connectivity index (χ0v) is 17.1. The number of aromatic nitrogens is 1. The van der Waals surface area contributed by atoms with Crippen LogP contribution in [0.3, 0.4) is 0 Å². The van der Waals surface area contributed by atoms with Gasteiger partial charge in [-0.2, -0.15) is 4.31 Å². The zero-order chi connectivity index (χ0) is 19.7. The minimum Gasteiger partial charge on any atom is -0.496 e. The third-order valence-corrected chi connectivity index (χ3v) is 7.49. The molecule has 1 saturated heterocycles. The first-order chi connectivity index (χ1) is 13.5. The Morgan fingerprint density at radius 3 is 2.61 bits per heavy atom. The monoisotopic (exact) mass is 402 g/mol. The molecule has 4 rings (SSSR count). The van der Waals surface area contributed by atoms with E-state index in [4.69, 9.17) is 4.74 Å². The van der Waals surface area contributed by atoms with E-state index in [-0.39, 0.29) is 10.9 Å². The van der Waals surface area contributed by atoms with Crippen molar-refractivity contribution in [1.82, 2.24) is 14.2 Å². The van der Waals surface area contributed by atoms with Gasteiger partial charge in [-0.25, -0.2) is 13.4 Å². The Morgan fingerprint density at radius 1 is 1.14 bits per heavy atom. The van der Waals surface area contributed by atoms with Crippen LogP contribution in [0, 0.1) is 0 Å². The molecule has 2 aromatic rings. The summed E-state index contributed by atoms with van der Waals surface area (Å²) in [6.07, 6.45) is 3.36. The molecule has 2 aliphatic rings. The highest BCUT2D eigenvalue weighted by Crippen LogP contribution is 2.38. The van der Waals surface area contributed by atoms with Crippen LogP contribution in [0.5, 0.6) is 5.75 Å². The number of hydrogen-bond donors (Lipinski definition) is 1. The van der Waals surface area contributed by atoms with E-state index in [9.17, 15) is 8.42 Å². The fourth-order valence-corrected chi connectivity index (χ4v) is 5.30. The Morgan fingerprint density at radius 2 is 1.93 bits per heavy atom. The fraction of sp³-hybridized carbons (Fsp3) is 0.450. The molecular formula is C20H26N4O3S. The molecule has 28 heavy (non-hydrogen) atoms. The largest absolute Gasteiger partial charge is 0.496 e. The second-order valence-electron chi connectivity index (χ2n) is 7.35. The van der Waals surface area contributed by atoms with E-state index in [2.05, 4.69) is 21.3 Å². The number of nitrogens with one attached hydrogen (secondary N) is 1. The molecule has 1 atom stereocenters. The highest BCUT2D eigenvalue weighted by molar-refractivity contribution is 7.89. The van der Waals surface area contributed by atoms with E-state index in [1.807, 2.05) is 19.2 Å². The van der Waals surface area contributed by atoms with Gasteiger partial charge in [0.25, 0.3) is 0 Å². The number of hydrogen-bond acceptors (Lipinski definition) is 6. The zero-order valence-electron chi connectivity index (χ0n) is 16.3. The van der Waals surface area contributed by atoms with Gasteiger partial charge in [-0.05, 0) is 49.2 Å². The van der Waals surface area contributed by atoms with Gasteiger partial charge in [0.05, 0.1) is 13.2 Å². The molecule has 0 saturated carbocycles. The lowest BCUT2D eigenvalue weighted by Gasteiger charge is -2.31. The number of pyridine rings is 1. The summed E-state index contributed by atoms with van der Waals surface area (Å²) < 4.78 is 32.6. The average Bonchev–Trinajstić information content (AvgIpc) is 3.12. The lowest BCUT2D eigenvalue weighted by Crippen LogP contribution is -2.47. The van der Waals surface area contributed by atoms with Crippen molar-refractivity contribution in [2.24, 2.45) is 0 Å². The molecule has 1 aliphatic heterocycles. The third-order valence-electron chi connectivity index (χ3n) is 5.61. The number of methoxy groups -OCH3 is 1. The molecule has 0 amide bonds. The Hall–Kier alpha value is -2.16. The van der Waals surface area contributed by atoms with E-state index in [0.717, 1.165) is 31.7 Å². The maximum absolute atomic E-state index is 12.8. The van der Waals surface area contributed by atoms with Gasteiger partial charge in [-0.15, -0.1) is 0 Å². The summed E-state index contributed by atoms with van der Waals surface area (Å²) in [5.41, 5.74) is 2.45. The summed E-state index contributed by atoms with van der Waals surface area (Å²) in [6, 6.07) is 9.63. The van der Waals surface area contributed by atoms with Gasteiger partial charge < -0.3 is 15.0 Å². The van der Waals surface area contributed by atoms with Gasteiger partial charge in [-0.3, -0.25) is 0 Å². The van der Waals surface area contributed by atoms with Crippen LogP contribution in [-0.4, -0.2) is 62.9 Å². The fourth-order valence-electron chi connectivity index (χ4n) is 3.94. The van der Waals surface area contributed by atoms with Gasteiger partial charge in [0.15, 0.2) is 0 Å². The standard InChI is InChI=1S/C20H26N4O3S/c1-23-10-12-24(13-11-23)28(25,26)15-6-9-20(21-14-15)22-18-8-7-17-16(18)4-3-5-19(17)27-2/h3-6,9,14,18H,7-8,10-13H2,1-2H3,(H,21,22). The number of ether oxygens (including phenoxy) is 1. The predicted octanol–water partition coefficient (Wildman–Crippen LogP) is 2.13. The number of benzene rings is 1. The molecule has 1 N–H and O–H groups in total. The maximum atomic E-state index is 12.8. The van der Waals surface area contributed by atoms with Crippen molar-refractivity contribution in [1.29, 1.82) is 0 Å². The average molecular weight is 403 g/mol. The molecular weight excluding hydrogens is 376 g/mol. The summed E-state index contributed by atoms with van der Waals surface area (Å²) in [7, 11) is 0.207. The maximum Gasteiger partial charge on any atom is 0.244 e. The van der Waals surface area contributed by atoms with E-state index >= 15 is 0 Å². The molecule has 1 aromatic carbocycles. The molecule has 8 heteroatoms. The molecule has 2 heterocycles. The first-order valence-corrected chi connectivity index (χ1v) is 11.0. The molecule has 7 nitrogen and oxygen atoms in total. The van der Waals surface area contributed by atoms with Crippen LogP contribution in [0.1, 0.15) is 23.6 Å². The predicted molar refractivity (Wildman–Crippen MR) is 108 cm³/mol. The molecule has 1 aromatic heterocycles. The molecule has 1 aliphatic carbocycles.